The number of likely N-dealkylation sites (N-methyl/N-ethyl adjacent to an activating group) is 1. The number of nitrogens with zero attached hydrogens (tertiary/aromatic N) is 1. The van der Waals surface area contributed by atoms with Gasteiger partial charge in [0.05, 0.1) is 7.11 Å². The number of benzene rings is 2. The molecule has 27 heavy (non-hydrogen) atoms. The molecule has 2 aromatic carbocycles. The Kier molecular flexibility index (Phi) is 7.49. The quantitative estimate of drug-likeness (QED) is 0.752. The van der Waals surface area contributed by atoms with Crippen LogP contribution in [-0.4, -0.2) is 43.5 Å². The van der Waals surface area contributed by atoms with E-state index in [1.807, 2.05) is 24.3 Å². The number of carbonyl (C=O) groups excluding carboxylic acids is 2. The molecule has 0 fully saturated rings. The van der Waals surface area contributed by atoms with E-state index in [-0.39, 0.29) is 25.0 Å². The van der Waals surface area contributed by atoms with Gasteiger partial charge in [-0.25, -0.2) is 0 Å². The summed E-state index contributed by atoms with van der Waals surface area (Å²) in [5, 5.41) is 3.16. The van der Waals surface area contributed by atoms with Gasteiger partial charge in [-0.15, -0.1) is 0 Å². The molecule has 0 heterocycles. The maximum absolute atomic E-state index is 12.7. The zero-order chi connectivity index (χ0) is 19.8. The molecule has 1 N–H and O–H groups in total. The number of ether oxygens (including phenoxy) is 2. The van der Waals surface area contributed by atoms with Crippen molar-refractivity contribution in [2.45, 2.75) is 19.5 Å². The second kappa shape index (κ2) is 9.83. The van der Waals surface area contributed by atoms with E-state index >= 15 is 0 Å². The van der Waals surface area contributed by atoms with Gasteiger partial charge in [-0.1, -0.05) is 23.7 Å². The summed E-state index contributed by atoms with van der Waals surface area (Å²) in [6, 6.07) is 13.4. The summed E-state index contributed by atoms with van der Waals surface area (Å²) in [5.41, 5.74) is 0.881. The highest BCUT2D eigenvalue weighted by atomic mass is 35.5. The van der Waals surface area contributed by atoms with Crippen LogP contribution in [0.25, 0.3) is 0 Å². The van der Waals surface area contributed by atoms with E-state index in [0.717, 1.165) is 11.3 Å². The molecule has 7 heteroatoms. The predicted octanol–water partition coefficient (Wildman–Crippen LogP) is 2.89. The molecule has 0 spiro atoms. The zero-order valence-corrected chi connectivity index (χ0v) is 16.3. The van der Waals surface area contributed by atoms with Gasteiger partial charge >= 0.3 is 0 Å². The van der Waals surface area contributed by atoms with Gasteiger partial charge < -0.3 is 19.7 Å². The topological polar surface area (TPSA) is 67.9 Å². The average Bonchev–Trinajstić information content (AvgIpc) is 2.70. The van der Waals surface area contributed by atoms with E-state index < -0.39 is 6.04 Å². The molecule has 0 saturated carbocycles. The lowest BCUT2D eigenvalue weighted by molar-refractivity contribution is -0.142. The van der Waals surface area contributed by atoms with E-state index in [1.54, 1.807) is 45.3 Å². The number of nitrogens with one attached hydrogen (secondary N) is 1. The summed E-state index contributed by atoms with van der Waals surface area (Å²) in [6.45, 7) is 1.78. The largest absolute Gasteiger partial charge is 0.497 e. The number of hydrogen-bond acceptors (Lipinski definition) is 4. The third-order valence-corrected chi connectivity index (χ3v) is 4.35. The van der Waals surface area contributed by atoms with Crippen LogP contribution >= 0.6 is 11.6 Å². The smallest absolute Gasteiger partial charge is 0.261 e. The Bertz CT molecular complexity index is 763. The van der Waals surface area contributed by atoms with Crippen LogP contribution in [-0.2, 0) is 16.1 Å². The molecule has 6 nitrogen and oxygen atoms in total. The van der Waals surface area contributed by atoms with Gasteiger partial charge in [-0.3, -0.25) is 9.59 Å². The van der Waals surface area contributed by atoms with Gasteiger partial charge in [-0.2, -0.15) is 0 Å². The minimum atomic E-state index is -0.640. The number of carbonyl (C=O) groups is 2. The lowest BCUT2D eigenvalue weighted by Crippen LogP contribution is -2.48. The number of amides is 2. The minimum absolute atomic E-state index is 0.181. The summed E-state index contributed by atoms with van der Waals surface area (Å²) < 4.78 is 10.7. The van der Waals surface area contributed by atoms with Crippen molar-refractivity contribution in [2.24, 2.45) is 0 Å². The Labute approximate surface area is 164 Å². The number of rotatable bonds is 8. The van der Waals surface area contributed by atoms with Crippen molar-refractivity contribution >= 4 is 23.4 Å². The summed E-state index contributed by atoms with van der Waals surface area (Å²) in [5.74, 6) is 0.715. The molecule has 0 bridgehead atoms. The fraction of sp³-hybridized carbons (Fsp3) is 0.300. The van der Waals surface area contributed by atoms with Gasteiger partial charge in [0.25, 0.3) is 5.91 Å². The van der Waals surface area contributed by atoms with Crippen LogP contribution in [0.2, 0.25) is 5.02 Å². The first-order chi connectivity index (χ1) is 12.9. The molecule has 0 unspecified atom stereocenters. The monoisotopic (exact) mass is 390 g/mol. The van der Waals surface area contributed by atoms with Gasteiger partial charge in [0.1, 0.15) is 17.5 Å². The van der Waals surface area contributed by atoms with Crippen LogP contribution < -0.4 is 14.8 Å². The third kappa shape index (κ3) is 5.89. The van der Waals surface area contributed by atoms with Gasteiger partial charge in [-0.05, 0) is 48.9 Å². The van der Waals surface area contributed by atoms with Crippen molar-refractivity contribution in [3.8, 4) is 11.5 Å². The van der Waals surface area contributed by atoms with Crippen LogP contribution in [0.15, 0.2) is 48.5 Å². The zero-order valence-electron chi connectivity index (χ0n) is 15.6. The summed E-state index contributed by atoms with van der Waals surface area (Å²) in [7, 11) is 3.13. The Morgan fingerprint density at radius 3 is 2.22 bits per heavy atom. The van der Waals surface area contributed by atoms with Crippen LogP contribution in [0, 0.1) is 0 Å². The molecule has 1 atom stereocenters. The van der Waals surface area contributed by atoms with Gasteiger partial charge in [0.15, 0.2) is 6.61 Å². The third-order valence-electron chi connectivity index (χ3n) is 4.10. The van der Waals surface area contributed by atoms with Crippen LogP contribution in [0.1, 0.15) is 12.5 Å². The predicted molar refractivity (Wildman–Crippen MR) is 104 cm³/mol. The van der Waals surface area contributed by atoms with Crippen molar-refractivity contribution in [2.75, 3.05) is 20.8 Å². The molecule has 0 aliphatic carbocycles. The summed E-state index contributed by atoms with van der Waals surface area (Å²) in [4.78, 5) is 26.3. The second-order valence-corrected chi connectivity index (χ2v) is 6.34. The average molecular weight is 391 g/mol. The summed E-state index contributed by atoms with van der Waals surface area (Å²) >= 11 is 5.84. The minimum Gasteiger partial charge on any atom is -0.497 e. The molecule has 144 valence electrons. The number of methoxy groups -OCH3 is 1. The number of halogens is 1. The maximum atomic E-state index is 12.7. The maximum Gasteiger partial charge on any atom is 0.261 e. The first-order valence-electron chi connectivity index (χ1n) is 8.47. The van der Waals surface area contributed by atoms with Crippen molar-refractivity contribution in [3.63, 3.8) is 0 Å². The highest BCUT2D eigenvalue weighted by Crippen LogP contribution is 2.17. The molecular formula is C20H23ClN2O4. The molecule has 2 aromatic rings. The van der Waals surface area contributed by atoms with Crippen LogP contribution in [0.5, 0.6) is 11.5 Å². The molecular weight excluding hydrogens is 368 g/mol. The second-order valence-electron chi connectivity index (χ2n) is 5.90. The standard InChI is InChI=1S/C20H23ClN2O4/c1-14(20(25)22-2)23(12-15-4-8-17(26-3)9-5-15)19(24)13-27-18-10-6-16(21)7-11-18/h4-11,14H,12-13H2,1-3H3,(H,22,25)/t14-/m1/s1. The van der Waals surface area contributed by atoms with E-state index in [1.165, 1.54) is 4.90 Å². The van der Waals surface area contributed by atoms with E-state index in [0.29, 0.717) is 10.8 Å². The van der Waals surface area contributed by atoms with E-state index in [9.17, 15) is 9.59 Å². The van der Waals surface area contributed by atoms with E-state index in [2.05, 4.69) is 5.32 Å². The highest BCUT2D eigenvalue weighted by Gasteiger charge is 2.25. The molecule has 0 aromatic heterocycles. The first-order valence-corrected chi connectivity index (χ1v) is 8.84. The molecule has 2 amide bonds. The Balaban J connectivity index is 2.10. The number of hydrogen-bond donors (Lipinski definition) is 1. The van der Waals surface area contributed by atoms with Crippen molar-refractivity contribution < 1.29 is 19.1 Å². The highest BCUT2D eigenvalue weighted by molar-refractivity contribution is 6.30. The van der Waals surface area contributed by atoms with Crippen LogP contribution in [0.3, 0.4) is 0 Å². The van der Waals surface area contributed by atoms with Gasteiger partial charge in [0.2, 0.25) is 5.91 Å². The van der Waals surface area contributed by atoms with Crippen LogP contribution in [0.4, 0.5) is 0 Å². The molecule has 0 saturated heterocycles. The Morgan fingerprint density at radius 1 is 1.07 bits per heavy atom. The molecule has 2 rings (SSSR count). The summed E-state index contributed by atoms with van der Waals surface area (Å²) in [6.07, 6.45) is 0. The first kappa shape index (κ1) is 20.6. The fourth-order valence-electron chi connectivity index (χ4n) is 2.48. The van der Waals surface area contributed by atoms with Crippen molar-refractivity contribution in [1.82, 2.24) is 10.2 Å². The fourth-order valence-corrected chi connectivity index (χ4v) is 2.60. The van der Waals surface area contributed by atoms with Gasteiger partial charge in [0, 0.05) is 18.6 Å². The SMILES string of the molecule is CNC(=O)[C@@H](C)N(Cc1ccc(OC)cc1)C(=O)COc1ccc(Cl)cc1. The Morgan fingerprint density at radius 2 is 1.67 bits per heavy atom. The molecule has 0 aliphatic rings. The molecule has 0 radical (unpaired) electrons. The van der Waals surface area contributed by atoms with Crippen molar-refractivity contribution in [1.29, 1.82) is 0 Å². The molecule has 0 aliphatic heterocycles. The Hall–Kier alpha value is -2.73. The van der Waals surface area contributed by atoms with E-state index in [4.69, 9.17) is 21.1 Å². The van der Waals surface area contributed by atoms with Crippen molar-refractivity contribution in [3.05, 3.63) is 59.1 Å². The lowest BCUT2D eigenvalue weighted by Gasteiger charge is -2.28. The normalized spacial score (nSPS) is 11.4. The lowest BCUT2D eigenvalue weighted by atomic mass is 10.1.